The molecule has 1 fully saturated rings. The Hall–Kier alpha value is -1.77. The van der Waals surface area contributed by atoms with Gasteiger partial charge >= 0.3 is 0 Å². The summed E-state index contributed by atoms with van der Waals surface area (Å²) in [4.78, 5) is 0. The topological polar surface area (TPSA) is 25.8 Å². The molecule has 2 nitrogen and oxygen atoms in total. The second-order valence-corrected chi connectivity index (χ2v) is 9.21. The van der Waals surface area contributed by atoms with Crippen molar-refractivity contribution in [2.45, 2.75) is 97.3 Å². The average Bonchev–Trinajstić information content (AvgIpc) is 2.78. The molecular formula is C27H39FN2. The van der Waals surface area contributed by atoms with Crippen LogP contribution in [-0.2, 0) is 12.8 Å². The minimum atomic E-state index is -0.183. The van der Waals surface area contributed by atoms with E-state index in [2.05, 4.69) is 23.2 Å². The molecule has 2 aromatic rings. The summed E-state index contributed by atoms with van der Waals surface area (Å²) >= 11 is 0. The van der Waals surface area contributed by atoms with E-state index in [-0.39, 0.29) is 5.82 Å². The van der Waals surface area contributed by atoms with Crippen LogP contribution in [0.2, 0.25) is 0 Å². The van der Waals surface area contributed by atoms with Crippen molar-refractivity contribution in [2.24, 2.45) is 11.8 Å². The highest BCUT2D eigenvalue weighted by Crippen LogP contribution is 2.34. The highest BCUT2D eigenvalue weighted by molar-refractivity contribution is 5.59. The molecule has 3 rings (SSSR count). The van der Waals surface area contributed by atoms with Gasteiger partial charge in [0.1, 0.15) is 5.82 Å². The predicted octanol–water partition coefficient (Wildman–Crippen LogP) is 7.94. The van der Waals surface area contributed by atoms with Crippen LogP contribution in [0.1, 0.15) is 95.7 Å². The lowest BCUT2D eigenvalue weighted by Gasteiger charge is -2.28. The summed E-state index contributed by atoms with van der Waals surface area (Å²) in [5.41, 5.74) is 3.20. The molecule has 0 unspecified atom stereocenters. The van der Waals surface area contributed by atoms with Crippen LogP contribution in [0.5, 0.6) is 0 Å². The number of nitrogens with zero attached hydrogens (tertiary/aromatic N) is 2. The van der Waals surface area contributed by atoms with Gasteiger partial charge in [-0.25, -0.2) is 4.39 Å². The second-order valence-electron chi connectivity index (χ2n) is 9.21. The fraction of sp³-hybridized carbons (Fsp3) is 0.630. The summed E-state index contributed by atoms with van der Waals surface area (Å²) in [5.74, 6) is 1.59. The van der Waals surface area contributed by atoms with Gasteiger partial charge < -0.3 is 0 Å². The molecule has 0 radical (unpaired) electrons. The Morgan fingerprint density at radius 2 is 1.57 bits per heavy atom. The third-order valence-corrected chi connectivity index (χ3v) is 6.91. The van der Waals surface area contributed by atoms with Crippen LogP contribution < -0.4 is 0 Å². The highest BCUT2D eigenvalue weighted by atomic mass is 19.1. The molecule has 0 aliphatic heterocycles. The first-order valence-electron chi connectivity index (χ1n) is 12.3. The zero-order valence-electron chi connectivity index (χ0n) is 19.0. The van der Waals surface area contributed by atoms with Gasteiger partial charge in [-0.3, -0.25) is 0 Å². The van der Waals surface area contributed by atoms with Gasteiger partial charge in [-0.2, -0.15) is 10.2 Å². The Kier molecular flexibility index (Phi) is 9.29. The molecule has 1 aliphatic rings. The lowest BCUT2D eigenvalue weighted by Crippen LogP contribution is -2.15. The lowest BCUT2D eigenvalue weighted by atomic mass is 9.77. The summed E-state index contributed by atoms with van der Waals surface area (Å²) in [7, 11) is 0. The maximum atomic E-state index is 14.7. The van der Waals surface area contributed by atoms with Crippen molar-refractivity contribution < 1.29 is 4.39 Å². The Balaban J connectivity index is 1.41. The van der Waals surface area contributed by atoms with Gasteiger partial charge in [-0.15, -0.1) is 0 Å². The fourth-order valence-electron chi connectivity index (χ4n) is 4.83. The SMILES string of the molecule is CCCCCCCC1CCC(CCc2ccc(-c3ccc(CC)nn3)c(F)c2)CC1. The Morgan fingerprint density at radius 3 is 2.20 bits per heavy atom. The molecule has 164 valence electrons. The zero-order chi connectivity index (χ0) is 21.2. The lowest BCUT2D eigenvalue weighted by molar-refractivity contribution is 0.248. The number of aryl methyl sites for hydroxylation is 2. The summed E-state index contributed by atoms with van der Waals surface area (Å²) in [6, 6.07) is 9.43. The zero-order valence-corrected chi connectivity index (χ0v) is 19.0. The molecule has 30 heavy (non-hydrogen) atoms. The number of unbranched alkanes of at least 4 members (excludes halogenated alkanes) is 4. The van der Waals surface area contributed by atoms with E-state index < -0.39 is 0 Å². The van der Waals surface area contributed by atoms with E-state index in [9.17, 15) is 4.39 Å². The number of aromatic nitrogens is 2. The molecule has 0 bridgehead atoms. The van der Waals surface area contributed by atoms with Crippen molar-refractivity contribution in [1.29, 1.82) is 0 Å². The number of hydrogen-bond acceptors (Lipinski definition) is 2. The molecule has 0 amide bonds. The summed E-state index contributed by atoms with van der Waals surface area (Å²) in [5, 5.41) is 8.34. The van der Waals surface area contributed by atoms with E-state index in [0.29, 0.717) is 11.3 Å². The summed E-state index contributed by atoms with van der Waals surface area (Å²) in [6.45, 7) is 4.32. The minimum Gasteiger partial charge on any atom is -0.206 e. The standard InChI is InChI=1S/C27H39FN2/c1-3-5-6-7-8-9-21-10-12-22(13-11-21)14-15-23-16-18-25(26(28)20-23)27-19-17-24(4-2)29-30-27/h16-22H,3-15H2,1-2H3. The molecule has 1 aliphatic carbocycles. The van der Waals surface area contributed by atoms with Crippen LogP contribution in [0.3, 0.4) is 0 Å². The van der Waals surface area contributed by atoms with Gasteiger partial charge in [0.15, 0.2) is 0 Å². The first kappa shape index (κ1) is 22.9. The molecule has 0 N–H and O–H groups in total. The van der Waals surface area contributed by atoms with Crippen molar-refractivity contribution >= 4 is 0 Å². The van der Waals surface area contributed by atoms with Gasteiger partial charge in [0.05, 0.1) is 11.4 Å². The van der Waals surface area contributed by atoms with Crippen molar-refractivity contribution in [1.82, 2.24) is 10.2 Å². The molecule has 1 aromatic heterocycles. The van der Waals surface area contributed by atoms with Crippen molar-refractivity contribution in [3.05, 3.63) is 47.4 Å². The van der Waals surface area contributed by atoms with Gasteiger partial charge in [0.2, 0.25) is 0 Å². The molecule has 1 heterocycles. The highest BCUT2D eigenvalue weighted by Gasteiger charge is 2.21. The number of halogens is 1. The Bertz CT molecular complexity index is 748. The largest absolute Gasteiger partial charge is 0.206 e. The molecule has 3 heteroatoms. The molecule has 0 saturated heterocycles. The summed E-state index contributed by atoms with van der Waals surface area (Å²) in [6.07, 6.45) is 17.0. The Morgan fingerprint density at radius 1 is 0.833 bits per heavy atom. The Labute approximate surface area is 182 Å². The molecular weight excluding hydrogens is 371 g/mol. The van der Waals surface area contributed by atoms with E-state index in [1.54, 1.807) is 6.07 Å². The van der Waals surface area contributed by atoms with Crippen molar-refractivity contribution in [3.8, 4) is 11.3 Å². The first-order chi connectivity index (χ1) is 14.7. The van der Waals surface area contributed by atoms with Crippen LogP contribution >= 0.6 is 0 Å². The van der Waals surface area contributed by atoms with Crippen LogP contribution in [-0.4, -0.2) is 10.2 Å². The quantitative estimate of drug-likeness (QED) is 0.351. The van der Waals surface area contributed by atoms with Crippen molar-refractivity contribution in [2.75, 3.05) is 0 Å². The van der Waals surface area contributed by atoms with E-state index >= 15 is 0 Å². The second kappa shape index (κ2) is 12.2. The van der Waals surface area contributed by atoms with Crippen LogP contribution in [0.15, 0.2) is 30.3 Å². The van der Waals surface area contributed by atoms with Crippen LogP contribution in [0.4, 0.5) is 4.39 Å². The van der Waals surface area contributed by atoms with E-state index in [1.807, 2.05) is 25.1 Å². The molecule has 1 saturated carbocycles. The van der Waals surface area contributed by atoms with Gasteiger partial charge in [-0.1, -0.05) is 84.1 Å². The summed E-state index contributed by atoms with van der Waals surface area (Å²) < 4.78 is 14.7. The third kappa shape index (κ3) is 6.89. The van der Waals surface area contributed by atoms with Gasteiger partial charge in [0.25, 0.3) is 0 Å². The van der Waals surface area contributed by atoms with Crippen LogP contribution in [0, 0.1) is 17.7 Å². The maximum Gasteiger partial charge on any atom is 0.132 e. The monoisotopic (exact) mass is 410 g/mol. The maximum absolute atomic E-state index is 14.7. The first-order valence-corrected chi connectivity index (χ1v) is 12.3. The number of rotatable bonds is 11. The molecule has 0 atom stereocenters. The van der Waals surface area contributed by atoms with E-state index in [4.69, 9.17) is 0 Å². The minimum absolute atomic E-state index is 0.183. The number of benzene rings is 1. The third-order valence-electron chi connectivity index (χ3n) is 6.91. The smallest absolute Gasteiger partial charge is 0.132 e. The van der Waals surface area contributed by atoms with Gasteiger partial charge in [0, 0.05) is 5.56 Å². The van der Waals surface area contributed by atoms with Crippen LogP contribution in [0.25, 0.3) is 11.3 Å². The van der Waals surface area contributed by atoms with E-state index in [1.165, 1.54) is 70.6 Å². The molecule has 0 spiro atoms. The van der Waals surface area contributed by atoms with E-state index in [0.717, 1.165) is 35.9 Å². The van der Waals surface area contributed by atoms with Gasteiger partial charge in [-0.05, 0) is 60.9 Å². The average molecular weight is 411 g/mol. The van der Waals surface area contributed by atoms with Crippen molar-refractivity contribution in [3.63, 3.8) is 0 Å². The fourth-order valence-corrected chi connectivity index (χ4v) is 4.83. The number of hydrogen-bond donors (Lipinski definition) is 0. The molecule has 1 aromatic carbocycles. The predicted molar refractivity (Wildman–Crippen MR) is 124 cm³/mol. The normalized spacial score (nSPS) is 19.2.